The first kappa shape index (κ1) is 12.0. The fourth-order valence-corrected chi connectivity index (χ4v) is 1.76. The highest BCUT2D eigenvalue weighted by Crippen LogP contribution is 2.19. The normalized spacial score (nSPS) is 20.8. The monoisotopic (exact) mass is 213 g/mol. The van der Waals surface area contributed by atoms with Gasteiger partial charge in [0.2, 0.25) is 5.91 Å². The lowest BCUT2D eigenvalue weighted by molar-refractivity contribution is -0.147. The number of ether oxygens (including phenoxy) is 1. The van der Waals surface area contributed by atoms with Crippen molar-refractivity contribution in [3.05, 3.63) is 0 Å². The lowest BCUT2D eigenvalue weighted by Gasteiger charge is -2.15. The van der Waals surface area contributed by atoms with E-state index in [9.17, 15) is 9.59 Å². The van der Waals surface area contributed by atoms with Gasteiger partial charge in [-0.2, -0.15) is 0 Å². The molecule has 0 aliphatic carbocycles. The molecule has 15 heavy (non-hydrogen) atoms. The lowest BCUT2D eigenvalue weighted by Crippen LogP contribution is -2.27. The number of carbonyl (C=O) groups is 2. The molecule has 4 nitrogen and oxygen atoms in total. The molecule has 1 fully saturated rings. The summed E-state index contributed by atoms with van der Waals surface area (Å²) >= 11 is 0. The van der Waals surface area contributed by atoms with Crippen molar-refractivity contribution in [1.29, 1.82) is 0 Å². The zero-order valence-corrected chi connectivity index (χ0v) is 9.49. The molecular formula is C11H19NO3. The van der Waals surface area contributed by atoms with E-state index in [1.54, 1.807) is 11.8 Å². The number of nitrogens with zero attached hydrogens (tertiary/aromatic N) is 1. The van der Waals surface area contributed by atoms with Crippen molar-refractivity contribution in [1.82, 2.24) is 4.90 Å². The van der Waals surface area contributed by atoms with Gasteiger partial charge in [-0.15, -0.1) is 0 Å². The maximum Gasteiger partial charge on any atom is 0.311 e. The molecule has 1 atom stereocenters. The number of amides is 1. The number of unbranched alkanes of at least 4 members (excludes halogenated alkanes) is 1. The highest BCUT2D eigenvalue weighted by atomic mass is 16.5. The maximum absolute atomic E-state index is 11.5. The molecule has 0 aromatic rings. The molecule has 86 valence electrons. The van der Waals surface area contributed by atoms with E-state index < -0.39 is 0 Å². The summed E-state index contributed by atoms with van der Waals surface area (Å²) in [5, 5.41) is 0. The summed E-state index contributed by atoms with van der Waals surface area (Å²) in [7, 11) is 0. The zero-order valence-electron chi connectivity index (χ0n) is 9.49. The lowest BCUT2D eigenvalue weighted by atomic mass is 10.1. The Morgan fingerprint density at radius 1 is 1.53 bits per heavy atom. The number of likely N-dealkylation sites (tertiary alicyclic amines) is 1. The van der Waals surface area contributed by atoms with Crippen LogP contribution in [0.4, 0.5) is 0 Å². The molecule has 0 spiro atoms. The Balaban J connectivity index is 2.41. The Labute approximate surface area is 90.6 Å². The fourth-order valence-electron chi connectivity index (χ4n) is 1.76. The third-order valence-corrected chi connectivity index (χ3v) is 2.62. The average Bonchev–Trinajstić information content (AvgIpc) is 2.57. The van der Waals surface area contributed by atoms with E-state index >= 15 is 0 Å². The molecule has 1 amide bonds. The van der Waals surface area contributed by atoms with Gasteiger partial charge < -0.3 is 9.64 Å². The van der Waals surface area contributed by atoms with Crippen LogP contribution in [-0.4, -0.2) is 36.5 Å². The fraction of sp³-hybridized carbons (Fsp3) is 0.818. The SMILES string of the molecule is CCCCN1C[C@H](C(=O)OCC)CC1=O. The number of carbonyl (C=O) groups excluding carboxylic acids is 2. The topological polar surface area (TPSA) is 46.6 Å². The highest BCUT2D eigenvalue weighted by molar-refractivity contribution is 5.86. The van der Waals surface area contributed by atoms with E-state index in [4.69, 9.17) is 4.74 Å². The van der Waals surface area contributed by atoms with E-state index in [-0.39, 0.29) is 17.8 Å². The first-order valence-corrected chi connectivity index (χ1v) is 5.63. The molecule has 4 heteroatoms. The van der Waals surface area contributed by atoms with Gasteiger partial charge in [0, 0.05) is 19.5 Å². The van der Waals surface area contributed by atoms with Crippen LogP contribution in [-0.2, 0) is 14.3 Å². The van der Waals surface area contributed by atoms with Crippen molar-refractivity contribution in [3.63, 3.8) is 0 Å². The summed E-state index contributed by atoms with van der Waals surface area (Å²) in [6, 6.07) is 0. The Morgan fingerprint density at radius 3 is 2.87 bits per heavy atom. The van der Waals surface area contributed by atoms with Crippen LogP contribution in [0.15, 0.2) is 0 Å². The van der Waals surface area contributed by atoms with Crippen molar-refractivity contribution in [2.45, 2.75) is 33.1 Å². The predicted octanol–water partition coefficient (Wildman–Crippen LogP) is 1.20. The number of rotatable bonds is 5. The van der Waals surface area contributed by atoms with E-state index in [0.717, 1.165) is 19.4 Å². The summed E-state index contributed by atoms with van der Waals surface area (Å²) < 4.78 is 4.91. The van der Waals surface area contributed by atoms with Gasteiger partial charge in [-0.25, -0.2) is 0 Å². The second-order valence-electron chi connectivity index (χ2n) is 3.85. The summed E-state index contributed by atoms with van der Waals surface area (Å²) in [6.45, 7) is 5.56. The van der Waals surface area contributed by atoms with Gasteiger partial charge in [-0.3, -0.25) is 9.59 Å². The second kappa shape index (κ2) is 5.73. The van der Waals surface area contributed by atoms with Gasteiger partial charge in [0.1, 0.15) is 0 Å². The summed E-state index contributed by atoms with van der Waals surface area (Å²) in [6.07, 6.45) is 2.39. The van der Waals surface area contributed by atoms with Gasteiger partial charge >= 0.3 is 5.97 Å². The Kier molecular flexibility index (Phi) is 4.59. The molecular weight excluding hydrogens is 194 g/mol. The zero-order chi connectivity index (χ0) is 11.3. The molecule has 1 heterocycles. The van der Waals surface area contributed by atoms with Crippen LogP contribution < -0.4 is 0 Å². The van der Waals surface area contributed by atoms with E-state index in [1.807, 2.05) is 0 Å². The molecule has 0 unspecified atom stereocenters. The molecule has 1 aliphatic rings. The van der Waals surface area contributed by atoms with Gasteiger partial charge in [-0.05, 0) is 13.3 Å². The minimum absolute atomic E-state index is 0.0847. The van der Waals surface area contributed by atoms with Crippen molar-refractivity contribution in [2.75, 3.05) is 19.7 Å². The Morgan fingerprint density at radius 2 is 2.27 bits per heavy atom. The molecule has 0 aromatic heterocycles. The predicted molar refractivity (Wildman–Crippen MR) is 56.2 cm³/mol. The molecule has 0 aromatic carbocycles. The average molecular weight is 213 g/mol. The summed E-state index contributed by atoms with van der Waals surface area (Å²) in [5.74, 6) is -0.388. The summed E-state index contributed by atoms with van der Waals surface area (Å²) in [4.78, 5) is 24.7. The maximum atomic E-state index is 11.5. The van der Waals surface area contributed by atoms with Crippen LogP contribution in [0.25, 0.3) is 0 Å². The van der Waals surface area contributed by atoms with E-state index in [2.05, 4.69) is 6.92 Å². The number of esters is 1. The minimum atomic E-state index is -0.241. The number of hydrogen-bond acceptors (Lipinski definition) is 3. The molecule has 1 saturated heterocycles. The quantitative estimate of drug-likeness (QED) is 0.645. The number of hydrogen-bond donors (Lipinski definition) is 0. The first-order valence-electron chi connectivity index (χ1n) is 5.63. The molecule has 1 rings (SSSR count). The van der Waals surface area contributed by atoms with Crippen molar-refractivity contribution in [3.8, 4) is 0 Å². The van der Waals surface area contributed by atoms with Gasteiger partial charge in [0.15, 0.2) is 0 Å². The van der Waals surface area contributed by atoms with Crippen molar-refractivity contribution in [2.24, 2.45) is 5.92 Å². The van der Waals surface area contributed by atoms with Gasteiger partial charge in [0.25, 0.3) is 0 Å². The minimum Gasteiger partial charge on any atom is -0.466 e. The molecule has 0 N–H and O–H groups in total. The van der Waals surface area contributed by atoms with Crippen molar-refractivity contribution >= 4 is 11.9 Å². The third-order valence-electron chi connectivity index (χ3n) is 2.62. The standard InChI is InChI=1S/C11H19NO3/c1-3-5-6-12-8-9(7-10(12)13)11(14)15-4-2/h9H,3-8H2,1-2H3/t9-/m1/s1. The van der Waals surface area contributed by atoms with Crippen LogP contribution in [0.5, 0.6) is 0 Å². The van der Waals surface area contributed by atoms with E-state index in [1.165, 1.54) is 0 Å². The van der Waals surface area contributed by atoms with Gasteiger partial charge in [0.05, 0.1) is 12.5 Å². The molecule has 0 radical (unpaired) electrons. The van der Waals surface area contributed by atoms with Crippen LogP contribution in [0, 0.1) is 5.92 Å². The van der Waals surface area contributed by atoms with Crippen LogP contribution in [0.2, 0.25) is 0 Å². The van der Waals surface area contributed by atoms with Crippen LogP contribution >= 0.6 is 0 Å². The summed E-state index contributed by atoms with van der Waals surface area (Å²) in [5.41, 5.74) is 0. The largest absolute Gasteiger partial charge is 0.466 e. The van der Waals surface area contributed by atoms with E-state index in [0.29, 0.717) is 19.6 Å². The highest BCUT2D eigenvalue weighted by Gasteiger charge is 2.34. The first-order chi connectivity index (χ1) is 7.19. The van der Waals surface area contributed by atoms with Crippen molar-refractivity contribution < 1.29 is 14.3 Å². The molecule has 0 saturated carbocycles. The smallest absolute Gasteiger partial charge is 0.311 e. The second-order valence-corrected chi connectivity index (χ2v) is 3.85. The molecule has 1 aliphatic heterocycles. The van der Waals surface area contributed by atoms with Crippen LogP contribution in [0.3, 0.4) is 0 Å². The Hall–Kier alpha value is -1.06. The Bertz CT molecular complexity index is 240. The van der Waals surface area contributed by atoms with Gasteiger partial charge in [-0.1, -0.05) is 13.3 Å². The van der Waals surface area contributed by atoms with Crippen LogP contribution in [0.1, 0.15) is 33.1 Å². The third kappa shape index (κ3) is 3.22. The molecule has 0 bridgehead atoms.